The molecule has 5 heteroatoms. The van der Waals surface area contributed by atoms with Crippen LogP contribution in [0.5, 0.6) is 5.75 Å². The molecule has 0 aliphatic carbocycles. The molecule has 1 aromatic rings. The van der Waals surface area contributed by atoms with Crippen molar-refractivity contribution in [3.8, 4) is 5.75 Å². The molecule has 0 aliphatic rings. The number of phenols is 1. The average molecular weight is 257 g/mol. The highest BCUT2D eigenvalue weighted by molar-refractivity contribution is 7.90. The molecule has 0 amide bonds. The Morgan fingerprint density at radius 1 is 1.41 bits per heavy atom. The number of benzene rings is 1. The minimum atomic E-state index is -2.97. The van der Waals surface area contributed by atoms with Gasteiger partial charge in [-0.1, -0.05) is 17.7 Å². The Morgan fingerprint density at radius 2 is 2.06 bits per heavy atom. The van der Waals surface area contributed by atoms with Gasteiger partial charge in [0, 0.05) is 24.4 Å². The van der Waals surface area contributed by atoms with Gasteiger partial charge in [0.15, 0.2) is 0 Å². The van der Waals surface area contributed by atoms with Gasteiger partial charge in [-0.2, -0.15) is 0 Å². The van der Waals surface area contributed by atoms with Crippen LogP contribution < -0.4 is 5.32 Å². The van der Waals surface area contributed by atoms with Gasteiger partial charge in [0.1, 0.15) is 15.6 Å². The maximum Gasteiger partial charge on any atom is 0.148 e. The molecule has 0 fully saturated rings. The SMILES string of the molecule is Cc1ccc(O)c(CNC(C)CS(C)(=O)=O)c1. The van der Waals surface area contributed by atoms with Crippen molar-refractivity contribution in [1.29, 1.82) is 0 Å². The monoisotopic (exact) mass is 257 g/mol. The standard InChI is InChI=1S/C12H19NO3S/c1-9-4-5-12(14)11(6-9)7-13-10(2)8-17(3,15)16/h4-6,10,13-14H,7-8H2,1-3H3. The van der Waals surface area contributed by atoms with Crippen LogP contribution in [0.15, 0.2) is 18.2 Å². The molecular formula is C12H19NO3S. The van der Waals surface area contributed by atoms with Gasteiger partial charge in [-0.3, -0.25) is 0 Å². The molecule has 96 valence electrons. The lowest BCUT2D eigenvalue weighted by Crippen LogP contribution is -2.32. The third-order valence-corrected chi connectivity index (χ3v) is 3.53. The topological polar surface area (TPSA) is 66.4 Å². The van der Waals surface area contributed by atoms with Crippen LogP contribution in [0.1, 0.15) is 18.1 Å². The molecule has 0 aliphatic heterocycles. The lowest BCUT2D eigenvalue weighted by molar-refractivity contribution is 0.461. The number of sulfone groups is 1. The molecule has 0 saturated heterocycles. The first kappa shape index (κ1) is 14.0. The largest absolute Gasteiger partial charge is 0.508 e. The number of aryl methyl sites for hydroxylation is 1. The molecule has 0 radical (unpaired) electrons. The third kappa shape index (κ3) is 5.19. The summed E-state index contributed by atoms with van der Waals surface area (Å²) in [6.45, 7) is 4.22. The first-order chi connectivity index (χ1) is 7.78. The number of hydrogen-bond acceptors (Lipinski definition) is 4. The lowest BCUT2D eigenvalue weighted by Gasteiger charge is -2.13. The quantitative estimate of drug-likeness (QED) is 0.832. The molecule has 1 atom stereocenters. The fourth-order valence-electron chi connectivity index (χ4n) is 1.65. The highest BCUT2D eigenvalue weighted by atomic mass is 32.2. The summed E-state index contributed by atoms with van der Waals surface area (Å²) in [6.07, 6.45) is 1.22. The van der Waals surface area contributed by atoms with Crippen molar-refractivity contribution in [2.24, 2.45) is 0 Å². The predicted octanol–water partition coefficient (Wildman–Crippen LogP) is 1.22. The van der Waals surface area contributed by atoms with Gasteiger partial charge < -0.3 is 10.4 Å². The van der Waals surface area contributed by atoms with Crippen molar-refractivity contribution in [1.82, 2.24) is 5.32 Å². The van der Waals surface area contributed by atoms with E-state index in [0.29, 0.717) is 6.54 Å². The molecule has 0 bridgehead atoms. The van der Waals surface area contributed by atoms with Gasteiger partial charge in [0.25, 0.3) is 0 Å². The molecule has 0 spiro atoms. The van der Waals surface area contributed by atoms with E-state index in [2.05, 4.69) is 5.32 Å². The van der Waals surface area contributed by atoms with Crippen molar-refractivity contribution in [3.63, 3.8) is 0 Å². The number of rotatable bonds is 5. The van der Waals surface area contributed by atoms with E-state index in [1.165, 1.54) is 6.26 Å². The number of hydrogen-bond donors (Lipinski definition) is 2. The fraction of sp³-hybridized carbons (Fsp3) is 0.500. The van der Waals surface area contributed by atoms with Crippen LogP contribution in [0.2, 0.25) is 0 Å². The third-order valence-electron chi connectivity index (χ3n) is 2.43. The zero-order valence-corrected chi connectivity index (χ0v) is 11.2. The summed E-state index contributed by atoms with van der Waals surface area (Å²) >= 11 is 0. The van der Waals surface area contributed by atoms with Gasteiger partial charge in [-0.15, -0.1) is 0 Å². The van der Waals surface area contributed by atoms with Crippen LogP contribution in [0.3, 0.4) is 0 Å². The highest BCUT2D eigenvalue weighted by Gasteiger charge is 2.10. The van der Waals surface area contributed by atoms with Crippen LogP contribution in [-0.2, 0) is 16.4 Å². The maximum absolute atomic E-state index is 11.1. The van der Waals surface area contributed by atoms with Crippen molar-refractivity contribution >= 4 is 9.84 Å². The first-order valence-corrected chi connectivity index (χ1v) is 7.53. The Labute approximate surface area is 103 Å². The molecule has 0 heterocycles. The van der Waals surface area contributed by atoms with E-state index in [0.717, 1.165) is 11.1 Å². The van der Waals surface area contributed by atoms with Crippen LogP contribution in [0.25, 0.3) is 0 Å². The van der Waals surface area contributed by atoms with Gasteiger partial charge in [-0.25, -0.2) is 8.42 Å². The van der Waals surface area contributed by atoms with Crippen molar-refractivity contribution < 1.29 is 13.5 Å². The van der Waals surface area contributed by atoms with Crippen LogP contribution in [0, 0.1) is 6.92 Å². The van der Waals surface area contributed by atoms with Crippen LogP contribution in [0.4, 0.5) is 0 Å². The Bertz CT molecular complexity index is 483. The van der Waals surface area contributed by atoms with E-state index in [4.69, 9.17) is 0 Å². The van der Waals surface area contributed by atoms with Crippen molar-refractivity contribution in [2.75, 3.05) is 12.0 Å². The van der Waals surface area contributed by atoms with Gasteiger partial charge >= 0.3 is 0 Å². The molecule has 17 heavy (non-hydrogen) atoms. The normalized spacial score (nSPS) is 13.6. The molecule has 4 nitrogen and oxygen atoms in total. The summed E-state index contributed by atoms with van der Waals surface area (Å²) in [5, 5.41) is 12.7. The predicted molar refractivity (Wildman–Crippen MR) is 68.9 cm³/mol. The van der Waals surface area contributed by atoms with Gasteiger partial charge in [0.05, 0.1) is 5.75 Å². The second-order valence-corrected chi connectivity index (χ2v) is 6.69. The van der Waals surface area contributed by atoms with E-state index >= 15 is 0 Å². The molecule has 1 unspecified atom stereocenters. The molecular weight excluding hydrogens is 238 g/mol. The molecule has 0 saturated carbocycles. The smallest absolute Gasteiger partial charge is 0.148 e. The van der Waals surface area contributed by atoms with Crippen LogP contribution >= 0.6 is 0 Å². The average Bonchev–Trinajstić information content (AvgIpc) is 2.17. The number of nitrogens with one attached hydrogen (secondary N) is 1. The number of aromatic hydroxyl groups is 1. The summed E-state index contributed by atoms with van der Waals surface area (Å²) in [5.74, 6) is 0.328. The van der Waals surface area contributed by atoms with Crippen molar-refractivity contribution in [3.05, 3.63) is 29.3 Å². The number of phenolic OH excluding ortho intramolecular Hbond substituents is 1. The van der Waals surface area contributed by atoms with E-state index < -0.39 is 9.84 Å². The second kappa shape index (κ2) is 5.51. The Balaban J connectivity index is 2.58. The molecule has 2 N–H and O–H groups in total. The minimum Gasteiger partial charge on any atom is -0.508 e. The maximum atomic E-state index is 11.1. The molecule has 0 aromatic heterocycles. The van der Waals surface area contributed by atoms with E-state index in [1.807, 2.05) is 26.0 Å². The lowest BCUT2D eigenvalue weighted by atomic mass is 10.1. The summed E-state index contributed by atoms with van der Waals surface area (Å²) < 4.78 is 22.2. The molecule has 1 aromatic carbocycles. The van der Waals surface area contributed by atoms with Gasteiger partial charge in [0.2, 0.25) is 0 Å². The van der Waals surface area contributed by atoms with E-state index in [1.54, 1.807) is 6.07 Å². The zero-order chi connectivity index (χ0) is 13.1. The summed E-state index contributed by atoms with van der Waals surface area (Å²) in [6, 6.07) is 5.23. The van der Waals surface area contributed by atoms with Gasteiger partial charge in [-0.05, 0) is 19.9 Å². The zero-order valence-electron chi connectivity index (χ0n) is 10.4. The van der Waals surface area contributed by atoms with E-state index in [-0.39, 0.29) is 17.5 Å². The second-order valence-electron chi connectivity index (χ2n) is 4.51. The summed E-state index contributed by atoms with van der Waals surface area (Å²) in [4.78, 5) is 0. The highest BCUT2D eigenvalue weighted by Crippen LogP contribution is 2.17. The van der Waals surface area contributed by atoms with E-state index in [9.17, 15) is 13.5 Å². The first-order valence-electron chi connectivity index (χ1n) is 5.47. The van der Waals surface area contributed by atoms with Crippen LogP contribution in [-0.4, -0.2) is 31.6 Å². The fourth-order valence-corrected chi connectivity index (χ4v) is 2.68. The molecule has 1 rings (SSSR count). The Hall–Kier alpha value is -1.07. The Morgan fingerprint density at radius 3 is 2.65 bits per heavy atom. The van der Waals surface area contributed by atoms with Crippen molar-refractivity contribution in [2.45, 2.75) is 26.4 Å². The Kier molecular flexibility index (Phi) is 4.54. The minimum absolute atomic E-state index is 0.0968. The summed E-state index contributed by atoms with van der Waals surface area (Å²) in [7, 11) is -2.97. The summed E-state index contributed by atoms with van der Waals surface area (Å²) in [5.41, 5.74) is 1.85.